The summed E-state index contributed by atoms with van der Waals surface area (Å²) in [5, 5.41) is 20.7. The van der Waals surface area contributed by atoms with E-state index >= 15 is 0 Å². The number of carboxylic acids is 1. The summed E-state index contributed by atoms with van der Waals surface area (Å²) in [6.07, 6.45) is 5.72. The van der Waals surface area contributed by atoms with Crippen LogP contribution in [0.3, 0.4) is 0 Å². The number of sulfonamides is 1. The molecule has 1 saturated carbocycles. The third-order valence-corrected chi connectivity index (χ3v) is 8.46. The van der Waals surface area contributed by atoms with Crippen molar-refractivity contribution in [2.24, 2.45) is 11.1 Å². The van der Waals surface area contributed by atoms with Gasteiger partial charge in [-0.15, -0.1) is 0 Å². The molecule has 0 saturated heterocycles. The van der Waals surface area contributed by atoms with Crippen molar-refractivity contribution in [3.05, 3.63) is 35.9 Å². The number of nitrogens with zero attached hydrogens (tertiary/aromatic N) is 4. The molecule has 1 spiro atoms. The molecule has 1 atom stereocenters. The van der Waals surface area contributed by atoms with E-state index in [4.69, 9.17) is 9.36 Å². The summed E-state index contributed by atoms with van der Waals surface area (Å²) < 4.78 is 32.6. The van der Waals surface area contributed by atoms with E-state index in [1.54, 1.807) is 6.20 Å². The summed E-state index contributed by atoms with van der Waals surface area (Å²) in [6.45, 7) is 3.17. The molecule has 3 N–H and O–H groups in total. The zero-order valence-electron chi connectivity index (χ0n) is 20.6. The molecule has 1 amide bonds. The third-order valence-electron chi connectivity index (χ3n) is 6.75. The smallest absolute Gasteiger partial charge is 0.323 e. The molecule has 1 aliphatic carbocycles. The summed E-state index contributed by atoms with van der Waals surface area (Å²) >= 11 is 0. The standard InChI is InChI=1S/C23H30N6O7S/c1-15-21(16(2)35-26-15)37(33,34)28-18(22(31)32)13-29(14-30)20-11-23(36-27-20)8-6-17(7-9-23)12-25-19-5-3-4-10-24-19/h3-5,10,14,17-18,28H,6-9,11-13H2,1-2H3,(H,24,25)(H,31,32)/t17?,18-,23?/m0/s1. The number of pyridine rings is 1. The van der Waals surface area contributed by atoms with E-state index in [0.717, 1.165) is 42.9 Å². The van der Waals surface area contributed by atoms with Crippen LogP contribution in [0.1, 0.15) is 43.6 Å². The first-order chi connectivity index (χ1) is 17.6. The van der Waals surface area contributed by atoms with E-state index in [-0.39, 0.29) is 22.2 Å². The number of aromatic nitrogens is 2. The Morgan fingerprint density at radius 1 is 1.32 bits per heavy atom. The first-order valence-corrected chi connectivity index (χ1v) is 13.4. The number of hydrogen-bond acceptors (Lipinski definition) is 10. The van der Waals surface area contributed by atoms with Gasteiger partial charge in [0.25, 0.3) is 0 Å². The minimum absolute atomic E-state index is 0.0303. The molecule has 13 nitrogen and oxygen atoms in total. The quantitative estimate of drug-likeness (QED) is 0.380. The Bertz CT molecular complexity index is 1240. The fourth-order valence-electron chi connectivity index (χ4n) is 4.72. The summed E-state index contributed by atoms with van der Waals surface area (Å²) in [7, 11) is -4.27. The van der Waals surface area contributed by atoms with Gasteiger partial charge in [0.2, 0.25) is 16.4 Å². The number of amidine groups is 1. The third kappa shape index (κ3) is 6.07. The summed E-state index contributed by atoms with van der Waals surface area (Å²) in [4.78, 5) is 34.7. The molecule has 1 fully saturated rings. The minimum Gasteiger partial charge on any atom is -0.480 e. The number of carbonyl (C=O) groups excluding carboxylic acids is 1. The molecular weight excluding hydrogens is 504 g/mol. The average Bonchev–Trinajstić information content (AvgIpc) is 3.44. The lowest BCUT2D eigenvalue weighted by atomic mass is 9.77. The largest absolute Gasteiger partial charge is 0.480 e. The number of aliphatic carboxylic acids is 1. The van der Waals surface area contributed by atoms with E-state index < -0.39 is 34.2 Å². The Kier molecular flexibility index (Phi) is 7.78. The first kappa shape index (κ1) is 26.5. The van der Waals surface area contributed by atoms with Crippen LogP contribution in [-0.2, 0) is 24.4 Å². The second-order valence-electron chi connectivity index (χ2n) is 9.42. The molecule has 2 aliphatic rings. The van der Waals surface area contributed by atoms with Gasteiger partial charge in [-0.3, -0.25) is 14.5 Å². The topological polar surface area (TPSA) is 176 Å². The van der Waals surface area contributed by atoms with Crippen LogP contribution in [0.4, 0.5) is 5.82 Å². The maximum absolute atomic E-state index is 12.8. The van der Waals surface area contributed by atoms with Gasteiger partial charge in [0, 0.05) is 12.7 Å². The lowest BCUT2D eigenvalue weighted by molar-refractivity contribution is -0.139. The highest BCUT2D eigenvalue weighted by molar-refractivity contribution is 7.89. The molecule has 200 valence electrons. The van der Waals surface area contributed by atoms with Crippen molar-refractivity contribution in [2.45, 2.75) is 62.5 Å². The van der Waals surface area contributed by atoms with Gasteiger partial charge in [0.05, 0.1) is 13.0 Å². The highest BCUT2D eigenvalue weighted by Gasteiger charge is 2.44. The second kappa shape index (κ2) is 10.8. The normalized spacial score (nSPS) is 22.2. The predicted molar refractivity (Wildman–Crippen MR) is 131 cm³/mol. The van der Waals surface area contributed by atoms with Crippen LogP contribution in [0.5, 0.6) is 0 Å². The average molecular weight is 535 g/mol. The molecule has 2 aromatic heterocycles. The predicted octanol–water partition coefficient (Wildman–Crippen LogP) is 1.65. The van der Waals surface area contributed by atoms with Gasteiger partial charge in [0.1, 0.15) is 28.1 Å². The fraction of sp³-hybridized carbons (Fsp3) is 0.522. The number of oxime groups is 1. The first-order valence-electron chi connectivity index (χ1n) is 11.9. The second-order valence-corrected chi connectivity index (χ2v) is 11.1. The minimum atomic E-state index is -4.27. The van der Waals surface area contributed by atoms with Crippen LogP contribution in [0.2, 0.25) is 0 Å². The van der Waals surface area contributed by atoms with Crippen molar-refractivity contribution in [3.63, 3.8) is 0 Å². The number of rotatable bonds is 10. The highest BCUT2D eigenvalue weighted by Crippen LogP contribution is 2.41. The Morgan fingerprint density at radius 3 is 2.68 bits per heavy atom. The molecule has 0 bridgehead atoms. The molecule has 0 radical (unpaired) electrons. The molecule has 1 aliphatic heterocycles. The van der Waals surface area contributed by atoms with E-state index in [1.165, 1.54) is 13.8 Å². The lowest BCUT2D eigenvalue weighted by Gasteiger charge is -2.35. The monoisotopic (exact) mass is 534 g/mol. The number of amides is 1. The number of carbonyl (C=O) groups is 2. The maximum Gasteiger partial charge on any atom is 0.323 e. The molecular formula is C23H30N6O7S. The lowest BCUT2D eigenvalue weighted by Crippen LogP contribution is -2.50. The van der Waals surface area contributed by atoms with Crippen molar-refractivity contribution < 1.29 is 32.5 Å². The zero-order chi connectivity index (χ0) is 26.6. The van der Waals surface area contributed by atoms with Crippen molar-refractivity contribution in [3.8, 4) is 0 Å². The van der Waals surface area contributed by atoms with Crippen LogP contribution in [-0.4, -0.2) is 71.5 Å². The van der Waals surface area contributed by atoms with Gasteiger partial charge in [-0.1, -0.05) is 16.4 Å². The fourth-order valence-corrected chi connectivity index (χ4v) is 6.23. The number of nitrogens with one attached hydrogen (secondary N) is 2. The highest BCUT2D eigenvalue weighted by atomic mass is 32.2. The number of carboxylic acid groups (broad SMARTS) is 1. The molecule has 3 heterocycles. The Labute approximate surface area is 214 Å². The number of hydrogen-bond donors (Lipinski definition) is 3. The van der Waals surface area contributed by atoms with Gasteiger partial charge in [-0.05, 0) is 57.6 Å². The van der Waals surface area contributed by atoms with Gasteiger partial charge >= 0.3 is 5.97 Å². The van der Waals surface area contributed by atoms with E-state index in [0.29, 0.717) is 18.7 Å². The van der Waals surface area contributed by atoms with Crippen LogP contribution < -0.4 is 10.0 Å². The molecule has 0 aromatic carbocycles. The van der Waals surface area contributed by atoms with Crippen molar-refractivity contribution in [1.82, 2.24) is 19.8 Å². The number of anilines is 1. The van der Waals surface area contributed by atoms with Crippen molar-refractivity contribution in [2.75, 3.05) is 18.4 Å². The van der Waals surface area contributed by atoms with Crippen LogP contribution in [0.15, 0.2) is 39.0 Å². The molecule has 37 heavy (non-hydrogen) atoms. The Morgan fingerprint density at radius 2 is 2.08 bits per heavy atom. The molecule has 4 rings (SSSR count). The summed E-state index contributed by atoms with van der Waals surface area (Å²) in [5.74, 6) is 0.102. The van der Waals surface area contributed by atoms with Crippen LogP contribution in [0, 0.1) is 19.8 Å². The van der Waals surface area contributed by atoms with Gasteiger partial charge < -0.3 is 19.8 Å². The van der Waals surface area contributed by atoms with E-state index in [1.807, 2.05) is 18.2 Å². The van der Waals surface area contributed by atoms with Gasteiger partial charge in [-0.2, -0.15) is 4.72 Å². The maximum atomic E-state index is 12.8. The van der Waals surface area contributed by atoms with E-state index in [9.17, 15) is 23.1 Å². The van der Waals surface area contributed by atoms with Crippen LogP contribution >= 0.6 is 0 Å². The SMILES string of the molecule is Cc1noc(C)c1S(=O)(=O)N[C@@H](CN(C=O)C1=NOC2(CCC(CNc3ccccn3)CC2)C1)C(=O)O. The zero-order valence-corrected chi connectivity index (χ0v) is 21.4. The van der Waals surface area contributed by atoms with Crippen LogP contribution in [0.25, 0.3) is 0 Å². The number of aryl methyl sites for hydroxylation is 2. The van der Waals surface area contributed by atoms with Gasteiger partial charge in [0.15, 0.2) is 11.6 Å². The molecule has 0 unspecified atom stereocenters. The Hall–Kier alpha value is -3.52. The molecule has 14 heteroatoms. The van der Waals surface area contributed by atoms with Gasteiger partial charge in [-0.25, -0.2) is 13.4 Å². The van der Waals surface area contributed by atoms with Crippen molar-refractivity contribution in [1.29, 1.82) is 0 Å². The Balaban J connectivity index is 1.34. The summed E-state index contributed by atoms with van der Waals surface area (Å²) in [5.41, 5.74) is -0.463. The summed E-state index contributed by atoms with van der Waals surface area (Å²) in [6, 6.07) is 4.07. The molecule has 2 aromatic rings. The van der Waals surface area contributed by atoms with Crippen molar-refractivity contribution >= 4 is 34.1 Å². The van der Waals surface area contributed by atoms with E-state index in [2.05, 4.69) is 25.3 Å².